The second kappa shape index (κ2) is 3.90. The molecule has 5 heteroatoms. The molecule has 3 rings (SSSR count). The number of nitrogens with one attached hydrogen (secondary N) is 1. The van der Waals surface area contributed by atoms with Gasteiger partial charge in [-0.3, -0.25) is 4.90 Å². The Bertz CT molecular complexity index is 313. The maximum atomic E-state index is 4.70. The highest BCUT2D eigenvalue weighted by Gasteiger charge is 2.36. The van der Waals surface area contributed by atoms with Crippen LogP contribution in [0.5, 0.6) is 0 Å². The Hall–Kier alpha value is -0.940. The molecule has 2 aliphatic rings. The molecule has 82 valence electrons. The fourth-order valence-electron chi connectivity index (χ4n) is 2.81. The molecule has 2 fully saturated rings. The summed E-state index contributed by atoms with van der Waals surface area (Å²) < 4.78 is 4.70. The summed E-state index contributed by atoms with van der Waals surface area (Å²) in [5, 5.41) is 7.33. The van der Waals surface area contributed by atoms with Crippen molar-refractivity contribution in [2.75, 3.05) is 13.1 Å². The number of aromatic nitrogens is 2. The van der Waals surface area contributed by atoms with E-state index in [1.165, 1.54) is 38.7 Å². The molecule has 1 N–H and O–H groups in total. The van der Waals surface area contributed by atoms with Crippen LogP contribution in [0.25, 0.3) is 0 Å². The van der Waals surface area contributed by atoms with Crippen molar-refractivity contribution in [3.63, 3.8) is 0 Å². The minimum atomic E-state index is 0.617. The number of nitrogens with zero attached hydrogens (tertiary/aromatic N) is 3. The lowest BCUT2D eigenvalue weighted by Crippen LogP contribution is -2.38. The zero-order valence-electron chi connectivity index (χ0n) is 8.72. The van der Waals surface area contributed by atoms with Gasteiger partial charge in [-0.1, -0.05) is 5.16 Å². The van der Waals surface area contributed by atoms with Gasteiger partial charge < -0.3 is 9.84 Å². The van der Waals surface area contributed by atoms with Crippen molar-refractivity contribution >= 4 is 0 Å². The van der Waals surface area contributed by atoms with Crippen molar-refractivity contribution in [3.8, 4) is 0 Å². The predicted molar refractivity (Wildman–Crippen MR) is 54.1 cm³/mol. The first-order valence-corrected chi connectivity index (χ1v) is 5.66. The maximum absolute atomic E-state index is 4.70. The van der Waals surface area contributed by atoms with Gasteiger partial charge in [0.2, 0.25) is 6.39 Å². The van der Waals surface area contributed by atoms with Crippen molar-refractivity contribution in [1.82, 2.24) is 20.4 Å². The molecule has 0 saturated carbocycles. The fourth-order valence-corrected chi connectivity index (χ4v) is 2.81. The Morgan fingerprint density at radius 1 is 1.47 bits per heavy atom. The number of hydrogen-bond donors (Lipinski definition) is 1. The van der Waals surface area contributed by atoms with E-state index in [0.29, 0.717) is 6.04 Å². The van der Waals surface area contributed by atoms with E-state index >= 15 is 0 Å². The van der Waals surface area contributed by atoms with Crippen LogP contribution >= 0.6 is 0 Å². The zero-order valence-corrected chi connectivity index (χ0v) is 8.72. The molecule has 0 aliphatic carbocycles. The van der Waals surface area contributed by atoms with Crippen LogP contribution in [0.3, 0.4) is 0 Å². The minimum Gasteiger partial charge on any atom is -0.343 e. The third-order valence-electron chi connectivity index (χ3n) is 3.54. The normalized spacial score (nSPS) is 30.9. The SMILES string of the molecule is c1nc(CNC2CCN3CCCC23)no1. The third-order valence-corrected chi connectivity index (χ3v) is 3.54. The highest BCUT2D eigenvalue weighted by atomic mass is 16.5. The van der Waals surface area contributed by atoms with Crippen LogP contribution in [-0.2, 0) is 6.54 Å². The van der Waals surface area contributed by atoms with Crippen LogP contribution in [0.2, 0.25) is 0 Å². The van der Waals surface area contributed by atoms with E-state index in [4.69, 9.17) is 4.52 Å². The van der Waals surface area contributed by atoms with Crippen LogP contribution in [-0.4, -0.2) is 40.2 Å². The van der Waals surface area contributed by atoms with E-state index in [1.807, 2.05) is 0 Å². The molecule has 0 aromatic carbocycles. The molecule has 0 bridgehead atoms. The van der Waals surface area contributed by atoms with Crippen LogP contribution in [0.1, 0.15) is 25.1 Å². The van der Waals surface area contributed by atoms with Crippen molar-refractivity contribution in [2.45, 2.75) is 37.9 Å². The number of rotatable bonds is 3. The van der Waals surface area contributed by atoms with Gasteiger partial charge in [-0.2, -0.15) is 4.98 Å². The van der Waals surface area contributed by atoms with Gasteiger partial charge >= 0.3 is 0 Å². The van der Waals surface area contributed by atoms with Crippen molar-refractivity contribution < 1.29 is 4.52 Å². The summed E-state index contributed by atoms with van der Waals surface area (Å²) in [5.41, 5.74) is 0. The molecule has 0 spiro atoms. The minimum absolute atomic E-state index is 0.617. The van der Waals surface area contributed by atoms with Gasteiger partial charge in [-0.25, -0.2) is 0 Å². The molecule has 0 amide bonds. The molecule has 3 heterocycles. The molecule has 2 aliphatic heterocycles. The van der Waals surface area contributed by atoms with Crippen LogP contribution in [0.15, 0.2) is 10.9 Å². The first kappa shape index (κ1) is 9.30. The average Bonchev–Trinajstić information content (AvgIpc) is 2.93. The molecule has 5 nitrogen and oxygen atoms in total. The Labute approximate surface area is 88.8 Å². The van der Waals surface area contributed by atoms with Crippen LogP contribution in [0, 0.1) is 0 Å². The summed E-state index contributed by atoms with van der Waals surface area (Å²) in [6.45, 7) is 3.26. The van der Waals surface area contributed by atoms with Crippen molar-refractivity contribution in [2.24, 2.45) is 0 Å². The highest BCUT2D eigenvalue weighted by Crippen LogP contribution is 2.27. The number of fused-ring (bicyclic) bond motifs is 1. The third kappa shape index (κ3) is 1.77. The summed E-state index contributed by atoms with van der Waals surface area (Å²) in [5.74, 6) is 0.756. The monoisotopic (exact) mass is 208 g/mol. The molecular weight excluding hydrogens is 192 g/mol. The average molecular weight is 208 g/mol. The fraction of sp³-hybridized carbons (Fsp3) is 0.800. The second-order valence-corrected chi connectivity index (χ2v) is 4.37. The Kier molecular flexibility index (Phi) is 2.42. The van der Waals surface area contributed by atoms with E-state index in [-0.39, 0.29) is 0 Å². The Morgan fingerprint density at radius 3 is 3.33 bits per heavy atom. The summed E-state index contributed by atoms with van der Waals surface area (Å²) in [7, 11) is 0. The lowest BCUT2D eigenvalue weighted by Gasteiger charge is -2.20. The maximum Gasteiger partial charge on any atom is 0.213 e. The topological polar surface area (TPSA) is 54.2 Å². The van der Waals surface area contributed by atoms with E-state index < -0.39 is 0 Å². The molecule has 15 heavy (non-hydrogen) atoms. The van der Waals surface area contributed by atoms with Gasteiger partial charge in [0.25, 0.3) is 0 Å². The lowest BCUT2D eigenvalue weighted by molar-refractivity contribution is 0.297. The van der Waals surface area contributed by atoms with E-state index in [9.17, 15) is 0 Å². The van der Waals surface area contributed by atoms with Crippen molar-refractivity contribution in [1.29, 1.82) is 0 Å². The molecule has 0 radical (unpaired) electrons. The van der Waals surface area contributed by atoms with Crippen molar-refractivity contribution in [3.05, 3.63) is 12.2 Å². The first-order valence-electron chi connectivity index (χ1n) is 5.66. The summed E-state index contributed by atoms with van der Waals surface area (Å²) in [6, 6.07) is 1.36. The van der Waals surface area contributed by atoms with Crippen LogP contribution < -0.4 is 5.32 Å². The smallest absolute Gasteiger partial charge is 0.213 e. The molecular formula is C10H16N4O. The standard InChI is InChI=1S/C10H16N4O/c1-2-9-8(3-5-14(9)4-1)11-6-10-12-7-15-13-10/h7-9,11H,1-6H2. The van der Waals surface area contributed by atoms with Gasteiger partial charge in [0.05, 0.1) is 6.54 Å². The van der Waals surface area contributed by atoms with E-state index in [0.717, 1.165) is 18.4 Å². The molecule has 1 aromatic heterocycles. The summed E-state index contributed by atoms with van der Waals surface area (Å²) in [6.07, 6.45) is 5.32. The molecule has 2 unspecified atom stereocenters. The summed E-state index contributed by atoms with van der Waals surface area (Å²) >= 11 is 0. The second-order valence-electron chi connectivity index (χ2n) is 4.37. The predicted octanol–water partition coefficient (Wildman–Crippen LogP) is 0.396. The van der Waals surface area contributed by atoms with Gasteiger partial charge in [0.1, 0.15) is 0 Å². The van der Waals surface area contributed by atoms with Gasteiger partial charge in [0.15, 0.2) is 5.82 Å². The van der Waals surface area contributed by atoms with Gasteiger partial charge in [0, 0.05) is 18.6 Å². The van der Waals surface area contributed by atoms with E-state index in [2.05, 4.69) is 20.4 Å². The van der Waals surface area contributed by atoms with Gasteiger partial charge in [-0.15, -0.1) is 0 Å². The Balaban J connectivity index is 1.55. The molecule has 1 aromatic rings. The Morgan fingerprint density at radius 2 is 2.47 bits per heavy atom. The highest BCUT2D eigenvalue weighted by molar-refractivity contribution is 4.96. The van der Waals surface area contributed by atoms with Crippen LogP contribution in [0.4, 0.5) is 0 Å². The molecule has 2 saturated heterocycles. The number of hydrogen-bond acceptors (Lipinski definition) is 5. The summed E-state index contributed by atoms with van der Waals surface area (Å²) in [4.78, 5) is 6.60. The quantitative estimate of drug-likeness (QED) is 0.779. The van der Waals surface area contributed by atoms with Gasteiger partial charge in [-0.05, 0) is 25.8 Å². The first-order chi connectivity index (χ1) is 7.43. The molecule has 2 atom stereocenters. The van der Waals surface area contributed by atoms with E-state index in [1.54, 1.807) is 0 Å². The largest absolute Gasteiger partial charge is 0.343 e. The lowest BCUT2D eigenvalue weighted by atomic mass is 10.1. The zero-order chi connectivity index (χ0) is 10.1.